The minimum absolute atomic E-state index is 0.0739. The number of rotatable bonds is 6. The Balaban J connectivity index is 1.90. The molecule has 0 aromatic carbocycles. The molecule has 22 heavy (non-hydrogen) atoms. The van der Waals surface area contributed by atoms with Crippen LogP contribution < -0.4 is 5.32 Å². The number of nitrogens with one attached hydrogen (secondary N) is 1. The minimum atomic E-state index is -0.899. The smallest absolute Gasteiger partial charge is 0.389 e. The molecule has 9 nitrogen and oxygen atoms in total. The lowest BCUT2D eigenvalue weighted by molar-refractivity contribution is -0.389. The number of carboxylic acid groups (broad SMARTS) is 1. The lowest BCUT2D eigenvalue weighted by atomic mass is 9.74. The van der Waals surface area contributed by atoms with Gasteiger partial charge < -0.3 is 20.5 Å². The third-order valence-corrected chi connectivity index (χ3v) is 4.01. The molecule has 9 heteroatoms. The van der Waals surface area contributed by atoms with Gasteiger partial charge in [0.15, 0.2) is 0 Å². The highest BCUT2D eigenvalue weighted by atomic mass is 16.6. The van der Waals surface area contributed by atoms with E-state index in [1.807, 2.05) is 0 Å². The maximum Gasteiger partial charge on any atom is 0.389 e. The summed E-state index contributed by atoms with van der Waals surface area (Å²) < 4.78 is 1.15. The van der Waals surface area contributed by atoms with Crippen LogP contribution >= 0.6 is 0 Å². The van der Waals surface area contributed by atoms with Gasteiger partial charge in [-0.1, -0.05) is 19.3 Å². The summed E-state index contributed by atoms with van der Waals surface area (Å²) in [6.07, 6.45) is 5.14. The normalized spacial score (nSPS) is 16.9. The van der Waals surface area contributed by atoms with E-state index >= 15 is 0 Å². The number of carbonyl (C=O) groups is 2. The van der Waals surface area contributed by atoms with Gasteiger partial charge in [-0.15, -0.1) is 0 Å². The molecule has 0 radical (unpaired) electrons. The first-order valence-electron chi connectivity index (χ1n) is 7.11. The Kier molecular flexibility index (Phi) is 4.74. The molecule has 1 aromatic rings. The summed E-state index contributed by atoms with van der Waals surface area (Å²) in [7, 11) is 0. The van der Waals surface area contributed by atoms with Crippen LogP contribution in [0.4, 0.5) is 5.82 Å². The Morgan fingerprint density at radius 2 is 2.09 bits per heavy atom. The fourth-order valence-electron chi connectivity index (χ4n) is 2.70. The van der Waals surface area contributed by atoms with Crippen LogP contribution in [-0.2, 0) is 16.1 Å². The average Bonchev–Trinajstić information content (AvgIpc) is 2.95. The molecular weight excluding hydrogens is 292 g/mol. The van der Waals surface area contributed by atoms with Gasteiger partial charge in [0.05, 0.1) is 22.8 Å². The standard InChI is InChI=1S/C13H18N4O5/c18-11(8-16-7-4-10(15-16)17(21)22)14-9-13(12(19)20)5-2-1-3-6-13/h4,7H,1-3,5-6,8-9H2,(H,14,18)(H,19,20). The summed E-state index contributed by atoms with van der Waals surface area (Å²) in [5, 5.41) is 26.2. The molecule has 2 N–H and O–H groups in total. The number of hydrogen-bond acceptors (Lipinski definition) is 5. The third kappa shape index (κ3) is 3.60. The average molecular weight is 310 g/mol. The van der Waals surface area contributed by atoms with Gasteiger partial charge in [-0.2, -0.15) is 4.68 Å². The number of carboxylic acids is 1. The van der Waals surface area contributed by atoms with Crippen molar-refractivity contribution in [3.8, 4) is 0 Å². The van der Waals surface area contributed by atoms with E-state index in [-0.39, 0.29) is 18.9 Å². The summed E-state index contributed by atoms with van der Waals surface area (Å²) in [6, 6.07) is 1.20. The molecule has 1 amide bonds. The van der Waals surface area contributed by atoms with Gasteiger partial charge >= 0.3 is 11.8 Å². The molecule has 1 fully saturated rings. The van der Waals surface area contributed by atoms with Gasteiger partial charge in [-0.05, 0) is 17.8 Å². The molecule has 1 aromatic heterocycles. The molecule has 120 valence electrons. The molecule has 0 aliphatic heterocycles. The van der Waals surface area contributed by atoms with Crippen LogP contribution in [-0.4, -0.2) is 38.2 Å². The monoisotopic (exact) mass is 310 g/mol. The Hall–Kier alpha value is -2.45. The second-order valence-electron chi connectivity index (χ2n) is 5.55. The first-order chi connectivity index (χ1) is 10.4. The van der Waals surface area contributed by atoms with E-state index < -0.39 is 22.2 Å². The molecule has 2 rings (SSSR count). The predicted octanol–water partition coefficient (Wildman–Crippen LogP) is 0.943. The minimum Gasteiger partial charge on any atom is -0.481 e. The van der Waals surface area contributed by atoms with Crippen molar-refractivity contribution in [3.63, 3.8) is 0 Å². The molecule has 0 atom stereocenters. The number of hydrogen-bond donors (Lipinski definition) is 2. The Bertz CT molecular complexity index is 577. The van der Waals surface area contributed by atoms with E-state index in [2.05, 4.69) is 10.4 Å². The number of nitrogens with zero attached hydrogens (tertiary/aromatic N) is 3. The number of aliphatic carboxylic acids is 1. The molecule has 0 spiro atoms. The van der Waals surface area contributed by atoms with Gasteiger partial charge in [0.1, 0.15) is 6.54 Å². The second kappa shape index (κ2) is 6.54. The molecule has 1 saturated carbocycles. The highest BCUT2D eigenvalue weighted by molar-refractivity contribution is 5.79. The highest BCUT2D eigenvalue weighted by Crippen LogP contribution is 2.35. The topological polar surface area (TPSA) is 127 Å². The molecule has 0 unspecified atom stereocenters. The first kappa shape index (κ1) is 15.9. The Morgan fingerprint density at radius 1 is 1.41 bits per heavy atom. The summed E-state index contributed by atoms with van der Waals surface area (Å²) in [6.45, 7) is -0.103. The van der Waals surface area contributed by atoms with Crippen molar-refractivity contribution >= 4 is 17.7 Å². The molecule has 1 heterocycles. The fourth-order valence-corrected chi connectivity index (χ4v) is 2.70. The van der Waals surface area contributed by atoms with Crippen molar-refractivity contribution in [3.05, 3.63) is 22.4 Å². The van der Waals surface area contributed by atoms with Crippen LogP contribution in [0.1, 0.15) is 32.1 Å². The van der Waals surface area contributed by atoms with E-state index in [1.165, 1.54) is 12.3 Å². The van der Waals surface area contributed by atoms with E-state index in [0.29, 0.717) is 12.8 Å². The maximum atomic E-state index is 11.9. The summed E-state index contributed by atoms with van der Waals surface area (Å²) in [5.41, 5.74) is -0.899. The summed E-state index contributed by atoms with van der Waals surface area (Å²) >= 11 is 0. The fraction of sp³-hybridized carbons (Fsp3) is 0.615. The van der Waals surface area contributed by atoms with Crippen molar-refractivity contribution < 1.29 is 19.6 Å². The molecule has 1 aliphatic rings. The summed E-state index contributed by atoms with van der Waals surface area (Å²) in [5.74, 6) is -1.63. The van der Waals surface area contributed by atoms with Crippen molar-refractivity contribution in [2.24, 2.45) is 5.41 Å². The van der Waals surface area contributed by atoms with Gasteiger partial charge in [0, 0.05) is 6.54 Å². The lowest BCUT2D eigenvalue weighted by Crippen LogP contribution is -2.45. The van der Waals surface area contributed by atoms with Gasteiger partial charge in [0.2, 0.25) is 5.91 Å². The number of carbonyl (C=O) groups excluding carboxylic acids is 1. The van der Waals surface area contributed by atoms with Crippen molar-refractivity contribution in [1.82, 2.24) is 15.1 Å². The quantitative estimate of drug-likeness (QED) is 0.594. The Morgan fingerprint density at radius 3 is 2.64 bits per heavy atom. The Labute approximate surface area is 126 Å². The van der Waals surface area contributed by atoms with E-state index in [0.717, 1.165) is 23.9 Å². The lowest BCUT2D eigenvalue weighted by Gasteiger charge is -2.33. The zero-order chi connectivity index (χ0) is 16.2. The molecular formula is C13H18N4O5. The van der Waals surface area contributed by atoms with Crippen LogP contribution in [0.2, 0.25) is 0 Å². The largest absolute Gasteiger partial charge is 0.481 e. The van der Waals surface area contributed by atoms with E-state index in [1.54, 1.807) is 0 Å². The highest BCUT2D eigenvalue weighted by Gasteiger charge is 2.39. The van der Waals surface area contributed by atoms with E-state index in [4.69, 9.17) is 0 Å². The van der Waals surface area contributed by atoms with Crippen molar-refractivity contribution in [1.29, 1.82) is 0 Å². The SMILES string of the molecule is O=C(Cn1ccc([N+](=O)[O-])n1)NCC1(C(=O)O)CCCCC1. The van der Waals surface area contributed by atoms with Crippen LogP contribution in [0.5, 0.6) is 0 Å². The maximum absolute atomic E-state index is 11.9. The zero-order valence-corrected chi connectivity index (χ0v) is 12.0. The van der Waals surface area contributed by atoms with Crippen LogP contribution in [0, 0.1) is 15.5 Å². The van der Waals surface area contributed by atoms with Gasteiger partial charge in [-0.25, -0.2) is 0 Å². The van der Waals surface area contributed by atoms with Crippen molar-refractivity contribution in [2.45, 2.75) is 38.6 Å². The summed E-state index contributed by atoms with van der Waals surface area (Å²) in [4.78, 5) is 33.2. The third-order valence-electron chi connectivity index (χ3n) is 4.01. The second-order valence-corrected chi connectivity index (χ2v) is 5.55. The molecule has 1 aliphatic carbocycles. The predicted molar refractivity (Wildman–Crippen MR) is 75.0 cm³/mol. The van der Waals surface area contributed by atoms with Crippen molar-refractivity contribution in [2.75, 3.05) is 6.54 Å². The van der Waals surface area contributed by atoms with Crippen LogP contribution in [0.15, 0.2) is 12.3 Å². The van der Waals surface area contributed by atoms with Gasteiger partial charge in [0.25, 0.3) is 0 Å². The van der Waals surface area contributed by atoms with Crippen LogP contribution in [0.3, 0.4) is 0 Å². The molecule has 0 bridgehead atoms. The number of amides is 1. The van der Waals surface area contributed by atoms with Crippen LogP contribution in [0.25, 0.3) is 0 Å². The number of aromatic nitrogens is 2. The zero-order valence-electron chi connectivity index (χ0n) is 12.0. The van der Waals surface area contributed by atoms with E-state index in [9.17, 15) is 24.8 Å². The molecule has 0 saturated heterocycles. The van der Waals surface area contributed by atoms with Gasteiger partial charge in [-0.3, -0.25) is 9.59 Å². The number of nitro groups is 1. The first-order valence-corrected chi connectivity index (χ1v) is 7.11.